The van der Waals surface area contributed by atoms with Crippen molar-refractivity contribution in [1.82, 2.24) is 5.32 Å². The van der Waals surface area contributed by atoms with Crippen molar-refractivity contribution in [1.29, 1.82) is 5.26 Å². The molecule has 0 heterocycles. The first-order valence-corrected chi connectivity index (χ1v) is 8.81. The number of carbonyl (C=O) groups is 2. The molecule has 0 radical (unpaired) electrons. The Morgan fingerprint density at radius 1 is 1.32 bits per heavy atom. The van der Waals surface area contributed by atoms with Gasteiger partial charge in [-0.05, 0) is 51.3 Å². The highest BCUT2D eigenvalue weighted by Crippen LogP contribution is 2.21. The topological polar surface area (TPSA) is 91.2 Å². The van der Waals surface area contributed by atoms with E-state index < -0.39 is 23.6 Å². The van der Waals surface area contributed by atoms with Crippen LogP contribution < -0.4 is 10.6 Å². The first-order valence-electron chi connectivity index (χ1n) is 8.02. The van der Waals surface area contributed by atoms with Gasteiger partial charge in [0.25, 0.3) is 0 Å². The number of rotatable bonds is 5. The fourth-order valence-corrected chi connectivity index (χ4v) is 2.45. The molecule has 0 spiro atoms. The molecule has 1 aromatic carbocycles. The molecule has 0 aromatic heterocycles. The van der Waals surface area contributed by atoms with Crippen LogP contribution in [0.15, 0.2) is 22.7 Å². The number of nitrogens with zero attached hydrogens (tertiary/aromatic N) is 1. The Morgan fingerprint density at radius 3 is 2.48 bits per heavy atom. The van der Waals surface area contributed by atoms with Gasteiger partial charge in [-0.25, -0.2) is 4.79 Å². The smallest absolute Gasteiger partial charge is 0.408 e. The van der Waals surface area contributed by atoms with Gasteiger partial charge in [0.1, 0.15) is 17.7 Å². The van der Waals surface area contributed by atoms with Crippen molar-refractivity contribution in [2.75, 3.05) is 5.32 Å². The van der Waals surface area contributed by atoms with Gasteiger partial charge in [0.2, 0.25) is 5.91 Å². The maximum absolute atomic E-state index is 12.6. The standard InChI is InChI=1S/C18H24BrN3O3/c1-11(2)8-15(22-17(24)25-18(3,4)5)16(23)21-14-7-6-13(19)9-12(14)10-20/h6-7,9,11,15H,8H2,1-5H3,(H,21,23)(H,22,24). The van der Waals surface area contributed by atoms with E-state index in [-0.39, 0.29) is 5.92 Å². The van der Waals surface area contributed by atoms with Crippen LogP contribution in [0.25, 0.3) is 0 Å². The van der Waals surface area contributed by atoms with Crippen LogP contribution in [0.5, 0.6) is 0 Å². The average Bonchev–Trinajstić information content (AvgIpc) is 2.45. The van der Waals surface area contributed by atoms with Crippen molar-refractivity contribution in [2.24, 2.45) is 5.92 Å². The number of nitriles is 1. The Balaban J connectivity index is 2.91. The van der Waals surface area contributed by atoms with Gasteiger partial charge in [-0.1, -0.05) is 29.8 Å². The fourth-order valence-electron chi connectivity index (χ4n) is 2.09. The molecule has 0 aliphatic heterocycles. The summed E-state index contributed by atoms with van der Waals surface area (Å²) in [5.74, 6) is -0.204. The summed E-state index contributed by atoms with van der Waals surface area (Å²) in [5.41, 5.74) is 0.0848. The lowest BCUT2D eigenvalue weighted by molar-refractivity contribution is -0.118. The lowest BCUT2D eigenvalue weighted by Crippen LogP contribution is -2.46. The number of carbonyl (C=O) groups excluding carboxylic acids is 2. The summed E-state index contributed by atoms with van der Waals surface area (Å²) in [4.78, 5) is 24.6. The van der Waals surface area contributed by atoms with E-state index in [1.807, 2.05) is 19.9 Å². The largest absolute Gasteiger partial charge is 0.444 e. The summed E-state index contributed by atoms with van der Waals surface area (Å²) in [7, 11) is 0. The zero-order valence-corrected chi connectivity index (χ0v) is 16.7. The van der Waals surface area contributed by atoms with Gasteiger partial charge >= 0.3 is 6.09 Å². The van der Waals surface area contributed by atoms with Crippen LogP contribution in [-0.2, 0) is 9.53 Å². The van der Waals surface area contributed by atoms with E-state index in [0.29, 0.717) is 17.7 Å². The van der Waals surface area contributed by atoms with E-state index in [4.69, 9.17) is 4.74 Å². The number of hydrogen-bond donors (Lipinski definition) is 2. The minimum atomic E-state index is -0.759. The second-order valence-electron chi connectivity index (χ2n) is 7.12. The lowest BCUT2D eigenvalue weighted by Gasteiger charge is -2.24. The van der Waals surface area contributed by atoms with Crippen LogP contribution in [-0.4, -0.2) is 23.6 Å². The third kappa shape index (κ3) is 7.57. The highest BCUT2D eigenvalue weighted by molar-refractivity contribution is 9.10. The molecule has 0 aliphatic rings. The number of anilines is 1. The van der Waals surface area contributed by atoms with Crippen molar-refractivity contribution in [3.63, 3.8) is 0 Å². The van der Waals surface area contributed by atoms with Crippen LogP contribution in [0.2, 0.25) is 0 Å². The predicted molar refractivity (Wildman–Crippen MR) is 100 cm³/mol. The molecule has 2 amide bonds. The van der Waals surface area contributed by atoms with Crippen LogP contribution in [0.1, 0.15) is 46.6 Å². The molecule has 1 rings (SSSR count). The Labute approximate surface area is 157 Å². The van der Waals surface area contributed by atoms with Crippen LogP contribution in [0.3, 0.4) is 0 Å². The van der Waals surface area contributed by atoms with Crippen LogP contribution in [0, 0.1) is 17.2 Å². The van der Waals surface area contributed by atoms with Crippen LogP contribution in [0.4, 0.5) is 10.5 Å². The highest BCUT2D eigenvalue weighted by atomic mass is 79.9. The van der Waals surface area contributed by atoms with E-state index in [0.717, 1.165) is 4.47 Å². The van der Waals surface area contributed by atoms with Gasteiger partial charge in [0.15, 0.2) is 0 Å². The molecular formula is C18H24BrN3O3. The molecule has 25 heavy (non-hydrogen) atoms. The van der Waals surface area contributed by atoms with Gasteiger partial charge in [-0.2, -0.15) is 5.26 Å². The molecule has 0 bridgehead atoms. The van der Waals surface area contributed by atoms with E-state index >= 15 is 0 Å². The number of hydrogen-bond acceptors (Lipinski definition) is 4. The SMILES string of the molecule is CC(C)CC(NC(=O)OC(C)(C)C)C(=O)Nc1ccc(Br)cc1C#N. The molecule has 0 saturated carbocycles. The molecule has 2 N–H and O–H groups in total. The van der Waals surface area contributed by atoms with Gasteiger partial charge in [0.05, 0.1) is 11.3 Å². The molecule has 1 atom stereocenters. The fraction of sp³-hybridized carbons (Fsp3) is 0.500. The van der Waals surface area contributed by atoms with Crippen molar-refractivity contribution < 1.29 is 14.3 Å². The van der Waals surface area contributed by atoms with Crippen molar-refractivity contribution in [2.45, 2.75) is 52.7 Å². The van der Waals surface area contributed by atoms with Gasteiger partial charge in [-0.3, -0.25) is 4.79 Å². The second-order valence-corrected chi connectivity index (χ2v) is 8.03. The molecular weight excluding hydrogens is 386 g/mol. The van der Waals surface area contributed by atoms with Gasteiger partial charge < -0.3 is 15.4 Å². The first-order chi connectivity index (χ1) is 11.5. The Hall–Kier alpha value is -2.07. The monoisotopic (exact) mass is 409 g/mol. The summed E-state index contributed by atoms with van der Waals surface area (Å²) in [6.45, 7) is 9.18. The molecule has 1 aromatic rings. The minimum absolute atomic E-state index is 0.186. The summed E-state index contributed by atoms with van der Waals surface area (Å²) in [5, 5.41) is 14.5. The van der Waals surface area contributed by atoms with Crippen molar-refractivity contribution in [3.8, 4) is 6.07 Å². The number of alkyl carbamates (subject to hydrolysis) is 1. The number of nitrogens with one attached hydrogen (secondary N) is 2. The molecule has 0 fully saturated rings. The highest BCUT2D eigenvalue weighted by Gasteiger charge is 2.25. The predicted octanol–water partition coefficient (Wildman–Crippen LogP) is 4.20. The number of amides is 2. The maximum Gasteiger partial charge on any atom is 0.408 e. The Kier molecular flexibility index (Phi) is 7.43. The van der Waals surface area contributed by atoms with Crippen molar-refractivity contribution in [3.05, 3.63) is 28.2 Å². The second kappa shape index (κ2) is 8.86. The molecule has 7 heteroatoms. The van der Waals surface area contributed by atoms with Crippen LogP contribution >= 0.6 is 15.9 Å². The van der Waals surface area contributed by atoms with E-state index in [1.54, 1.807) is 39.0 Å². The molecule has 0 aliphatic carbocycles. The van der Waals surface area contributed by atoms with Gasteiger partial charge in [0, 0.05) is 4.47 Å². The average molecular weight is 410 g/mol. The minimum Gasteiger partial charge on any atom is -0.444 e. The Morgan fingerprint density at radius 2 is 1.96 bits per heavy atom. The first kappa shape index (κ1) is 21.0. The summed E-state index contributed by atoms with van der Waals surface area (Å²) < 4.78 is 5.97. The molecule has 136 valence electrons. The normalized spacial score (nSPS) is 12.2. The maximum atomic E-state index is 12.6. The third-order valence-corrected chi connectivity index (χ3v) is 3.57. The number of halogens is 1. The summed E-state index contributed by atoms with van der Waals surface area (Å²) >= 11 is 3.29. The molecule has 6 nitrogen and oxygen atoms in total. The van der Waals surface area contributed by atoms with E-state index in [1.165, 1.54) is 0 Å². The van der Waals surface area contributed by atoms with Gasteiger partial charge in [-0.15, -0.1) is 0 Å². The summed E-state index contributed by atoms with van der Waals surface area (Å²) in [6.07, 6.45) is -0.201. The third-order valence-electron chi connectivity index (χ3n) is 3.07. The zero-order chi connectivity index (χ0) is 19.2. The Bertz CT molecular complexity index is 675. The van der Waals surface area contributed by atoms with E-state index in [9.17, 15) is 14.9 Å². The zero-order valence-electron chi connectivity index (χ0n) is 15.1. The van der Waals surface area contributed by atoms with E-state index in [2.05, 4.69) is 26.6 Å². The van der Waals surface area contributed by atoms with Crippen molar-refractivity contribution >= 4 is 33.6 Å². The quantitative estimate of drug-likeness (QED) is 0.761. The number of benzene rings is 1. The molecule has 0 saturated heterocycles. The lowest BCUT2D eigenvalue weighted by atomic mass is 10.0. The molecule has 1 unspecified atom stereocenters. The summed E-state index contributed by atoms with van der Waals surface area (Å²) in [6, 6.07) is 6.27. The number of ether oxygens (including phenoxy) is 1.